The van der Waals surface area contributed by atoms with Crippen LogP contribution in [-0.2, 0) is 18.1 Å². The van der Waals surface area contributed by atoms with Crippen molar-refractivity contribution >= 4 is 41.8 Å². The second-order valence-electron chi connectivity index (χ2n) is 22.4. The Labute approximate surface area is 359 Å². The largest absolute Gasteiger partial charge is 0.441 e. The summed E-state index contributed by atoms with van der Waals surface area (Å²) in [5.74, 6) is 0.567. The molecule has 0 radical (unpaired) electrons. The fraction of sp³-hybridized carbons (Fsp3) is 0.750. The fourth-order valence-corrected chi connectivity index (χ4v) is 11.1. The van der Waals surface area contributed by atoms with E-state index in [1.807, 2.05) is 32.9 Å². The summed E-state index contributed by atoms with van der Waals surface area (Å²) >= 11 is 0. The van der Waals surface area contributed by atoms with Crippen LogP contribution in [-0.4, -0.2) is 59.6 Å². The SMILES string of the molecule is C=CC[C@@H](C(=O)C(C)(C)[C@H](CCO)O[Si](C)(C)C(C)(C)C)[C@@H](O[Si](C)(C)C(C)(C)C)[C@@H](C)CCC/C(C)=C/C[C@H](O[Si](C)(C)C(C)(C)C)c1ccc2oc(C)nc2c1. The molecule has 2 aromatic rings. The summed E-state index contributed by atoms with van der Waals surface area (Å²) in [7, 11) is -6.61. The molecule has 0 fully saturated rings. The number of hydrogen-bond acceptors (Lipinski definition) is 7. The number of hydrogen-bond donors (Lipinski definition) is 1. The lowest BCUT2D eigenvalue weighted by Crippen LogP contribution is -2.54. The normalized spacial score (nSPS) is 16.9. The zero-order valence-corrected chi connectivity index (χ0v) is 43.9. The van der Waals surface area contributed by atoms with Crippen LogP contribution < -0.4 is 0 Å². The zero-order chi connectivity index (χ0) is 44.9. The molecule has 10 heteroatoms. The number of aromatic nitrogens is 1. The molecule has 0 saturated carbocycles. The lowest BCUT2D eigenvalue weighted by molar-refractivity contribution is -0.141. The molecule has 0 amide bonds. The van der Waals surface area contributed by atoms with Crippen LogP contribution in [0.3, 0.4) is 0 Å². The van der Waals surface area contributed by atoms with Crippen LogP contribution in [0.5, 0.6) is 0 Å². The molecule has 0 saturated heterocycles. The van der Waals surface area contributed by atoms with Gasteiger partial charge in [0, 0.05) is 24.9 Å². The molecule has 332 valence electrons. The van der Waals surface area contributed by atoms with Gasteiger partial charge in [-0.15, -0.1) is 6.58 Å². The fourth-order valence-electron chi connectivity index (χ4n) is 6.86. The maximum atomic E-state index is 15.1. The van der Waals surface area contributed by atoms with Crippen LogP contribution in [0.2, 0.25) is 54.4 Å². The van der Waals surface area contributed by atoms with E-state index < -0.39 is 36.5 Å². The van der Waals surface area contributed by atoms with Gasteiger partial charge in [0.1, 0.15) is 11.3 Å². The molecule has 0 spiro atoms. The number of rotatable bonds is 22. The lowest BCUT2D eigenvalue weighted by Gasteiger charge is -2.47. The Morgan fingerprint density at radius 1 is 0.845 bits per heavy atom. The van der Waals surface area contributed by atoms with Crippen LogP contribution in [0.1, 0.15) is 146 Å². The van der Waals surface area contributed by atoms with Crippen molar-refractivity contribution in [2.75, 3.05) is 6.61 Å². The number of oxazole rings is 1. The minimum absolute atomic E-state index is 0.0213. The van der Waals surface area contributed by atoms with E-state index in [0.717, 1.165) is 42.3 Å². The number of fused-ring (bicyclic) bond motifs is 1. The van der Waals surface area contributed by atoms with E-state index in [1.165, 1.54) is 5.57 Å². The number of nitrogens with zero attached hydrogens (tertiary/aromatic N) is 1. The Morgan fingerprint density at radius 2 is 1.38 bits per heavy atom. The second kappa shape index (κ2) is 20.0. The van der Waals surface area contributed by atoms with Gasteiger partial charge in [0.05, 0.1) is 18.3 Å². The summed E-state index contributed by atoms with van der Waals surface area (Å²) in [5.41, 5.74) is 3.30. The number of Topliss-reactive ketones (excluding diaryl/α,β-unsaturated/α-hetero) is 1. The highest BCUT2D eigenvalue weighted by atomic mass is 28.4. The molecule has 1 N–H and O–H groups in total. The van der Waals surface area contributed by atoms with Gasteiger partial charge < -0.3 is 22.8 Å². The number of aliphatic hydroxyl groups is 1. The van der Waals surface area contributed by atoms with Gasteiger partial charge in [-0.25, -0.2) is 4.98 Å². The summed E-state index contributed by atoms with van der Waals surface area (Å²) in [4.78, 5) is 19.7. The average molecular weight is 858 g/mol. The minimum Gasteiger partial charge on any atom is -0.441 e. The number of carbonyl (C=O) groups excluding carboxylic acids is 1. The Balaban J connectivity index is 2.42. The summed E-state index contributed by atoms with van der Waals surface area (Å²) in [6.45, 7) is 48.5. The van der Waals surface area contributed by atoms with Gasteiger partial charge in [-0.3, -0.25) is 4.79 Å². The predicted octanol–water partition coefficient (Wildman–Crippen LogP) is 14.3. The molecule has 0 aliphatic carbocycles. The second-order valence-corrected chi connectivity index (χ2v) is 36.7. The first kappa shape index (κ1) is 52.5. The van der Waals surface area contributed by atoms with Crippen molar-refractivity contribution < 1.29 is 27.6 Å². The van der Waals surface area contributed by atoms with Crippen LogP contribution in [0.25, 0.3) is 11.1 Å². The molecule has 1 aromatic carbocycles. The molecular formula is C48H87NO6Si3. The van der Waals surface area contributed by atoms with Crippen molar-refractivity contribution in [2.45, 2.75) is 208 Å². The van der Waals surface area contributed by atoms with Gasteiger partial charge in [-0.1, -0.05) is 107 Å². The van der Waals surface area contributed by atoms with Gasteiger partial charge in [0.25, 0.3) is 0 Å². The van der Waals surface area contributed by atoms with Crippen LogP contribution in [0, 0.1) is 24.2 Å². The molecule has 7 nitrogen and oxygen atoms in total. The Hall–Kier alpha value is -1.67. The molecular weight excluding hydrogens is 771 g/mol. The summed E-state index contributed by atoms with van der Waals surface area (Å²) in [5, 5.41) is 10.3. The van der Waals surface area contributed by atoms with Crippen molar-refractivity contribution in [1.29, 1.82) is 0 Å². The van der Waals surface area contributed by atoms with Crippen molar-refractivity contribution in [1.82, 2.24) is 4.98 Å². The highest BCUT2D eigenvalue weighted by molar-refractivity contribution is 6.75. The van der Waals surface area contributed by atoms with Gasteiger partial charge >= 0.3 is 0 Å². The zero-order valence-electron chi connectivity index (χ0n) is 40.9. The van der Waals surface area contributed by atoms with Gasteiger partial charge in [0.15, 0.2) is 36.4 Å². The van der Waals surface area contributed by atoms with Crippen LogP contribution in [0.4, 0.5) is 0 Å². The third-order valence-corrected chi connectivity index (χ3v) is 27.5. The van der Waals surface area contributed by atoms with E-state index in [9.17, 15) is 5.11 Å². The lowest BCUT2D eigenvalue weighted by atomic mass is 9.71. The Kier molecular flexibility index (Phi) is 18.1. The molecule has 0 bridgehead atoms. The predicted molar refractivity (Wildman–Crippen MR) is 254 cm³/mol. The van der Waals surface area contributed by atoms with Crippen molar-refractivity contribution in [3.05, 3.63) is 54.0 Å². The number of aryl methyl sites for hydroxylation is 1. The molecule has 0 aliphatic heterocycles. The van der Waals surface area contributed by atoms with E-state index in [2.05, 4.69) is 145 Å². The maximum Gasteiger partial charge on any atom is 0.192 e. The first-order valence-corrected chi connectivity index (χ1v) is 30.8. The van der Waals surface area contributed by atoms with E-state index in [4.69, 9.17) is 17.7 Å². The van der Waals surface area contributed by atoms with Crippen molar-refractivity contribution in [3.8, 4) is 0 Å². The van der Waals surface area contributed by atoms with Gasteiger partial charge in [-0.2, -0.15) is 0 Å². The first-order valence-electron chi connectivity index (χ1n) is 22.0. The number of ketones is 1. The topological polar surface area (TPSA) is 91.0 Å². The monoisotopic (exact) mass is 858 g/mol. The smallest absolute Gasteiger partial charge is 0.192 e. The number of allylic oxidation sites excluding steroid dienone is 2. The molecule has 58 heavy (non-hydrogen) atoms. The van der Waals surface area contributed by atoms with Crippen LogP contribution in [0.15, 0.2) is 46.9 Å². The summed E-state index contributed by atoms with van der Waals surface area (Å²) in [6.07, 6.45) is 8.10. The summed E-state index contributed by atoms with van der Waals surface area (Å²) in [6, 6.07) is 6.28. The standard InChI is InChI=1S/C48H87NO6Si3/c1-22-24-38(44(51)48(14,15)42(31-32-50)54-57(18,19)46(8,9)10)43(55-58(20,21)47(11,12)13)35(3)26-23-25-34(2)27-29-40(53-56(16,17)45(5,6)7)37-28-30-41-39(33-37)49-36(4)52-41/h22,27-28,30,33,35,38,40,42-43,50H,1,23-26,29,31-32H2,2-21H3/b34-27+/t35-,38+,40-,42-,43-/m0/s1. The molecule has 0 unspecified atom stereocenters. The maximum absolute atomic E-state index is 15.1. The van der Waals surface area contributed by atoms with Crippen molar-refractivity contribution in [3.63, 3.8) is 0 Å². The Morgan fingerprint density at radius 3 is 1.90 bits per heavy atom. The minimum atomic E-state index is -2.28. The van der Waals surface area contributed by atoms with E-state index in [1.54, 1.807) is 0 Å². The molecule has 1 heterocycles. The molecule has 1 aromatic heterocycles. The highest BCUT2D eigenvalue weighted by Crippen LogP contribution is 2.45. The average Bonchev–Trinajstić information content (AvgIpc) is 3.45. The quantitative estimate of drug-likeness (QED) is 0.0931. The Bertz CT molecular complexity index is 1670. The summed E-state index contributed by atoms with van der Waals surface area (Å²) < 4.78 is 27.2. The third kappa shape index (κ3) is 13.7. The van der Waals surface area contributed by atoms with E-state index in [-0.39, 0.29) is 51.5 Å². The van der Waals surface area contributed by atoms with E-state index >= 15 is 4.79 Å². The molecule has 2 rings (SSSR count). The van der Waals surface area contributed by atoms with Crippen molar-refractivity contribution in [2.24, 2.45) is 17.3 Å². The number of benzene rings is 1. The van der Waals surface area contributed by atoms with Gasteiger partial charge in [0.2, 0.25) is 0 Å². The van der Waals surface area contributed by atoms with Gasteiger partial charge in [-0.05, 0) is 123 Å². The molecule has 5 atom stereocenters. The third-order valence-electron chi connectivity index (χ3n) is 14.1. The molecule has 0 aliphatic rings. The highest BCUT2D eigenvalue weighted by Gasteiger charge is 2.50. The number of aliphatic hydroxyl groups excluding tert-OH is 1. The van der Waals surface area contributed by atoms with E-state index in [0.29, 0.717) is 18.7 Å². The van der Waals surface area contributed by atoms with Crippen LogP contribution >= 0.6 is 0 Å². The number of carbonyl (C=O) groups is 1. The first-order chi connectivity index (χ1) is 26.2.